The summed E-state index contributed by atoms with van der Waals surface area (Å²) in [6.45, 7) is 0. The van der Waals surface area contributed by atoms with Crippen molar-refractivity contribution in [3.05, 3.63) is 443 Å². The van der Waals surface area contributed by atoms with Crippen LogP contribution in [-0.2, 0) is 16.2 Å². The van der Waals surface area contributed by atoms with Crippen LogP contribution in [0.5, 0.6) is 0 Å². The van der Waals surface area contributed by atoms with Crippen LogP contribution in [0.2, 0.25) is 0 Å². The fraction of sp³-hybridized carbons (Fsp3) is 0.0309. The van der Waals surface area contributed by atoms with E-state index in [9.17, 15) is 0 Å². The van der Waals surface area contributed by atoms with Crippen LogP contribution >= 0.6 is 0 Å². The fourth-order valence-corrected chi connectivity index (χ4v) is 31.5. The Morgan fingerprint density at radius 1 is 0.198 bits per heavy atom. The molecule has 101 heavy (non-hydrogen) atoms. The Hall–Kier alpha value is -11.9. The minimum atomic E-state index is -3.59. The zero-order valence-corrected chi connectivity index (χ0v) is 58.6. The van der Waals surface area contributed by atoms with Crippen LogP contribution < -0.4 is 24.5 Å². The van der Waals surface area contributed by atoms with Crippen molar-refractivity contribution < 1.29 is 0 Å². The van der Waals surface area contributed by atoms with E-state index in [0.717, 1.165) is 17.1 Å². The van der Waals surface area contributed by atoms with Gasteiger partial charge in [-0.2, -0.15) is 0 Å². The van der Waals surface area contributed by atoms with Crippen LogP contribution in [0, 0.1) is 0 Å². The van der Waals surface area contributed by atoms with E-state index in [4.69, 9.17) is 0 Å². The minimum absolute atomic E-state index is 0.548. The number of nitrogens with zero attached hydrogens (tertiary/aromatic N) is 3. The van der Waals surface area contributed by atoms with E-state index < -0.39 is 38.0 Å². The van der Waals surface area contributed by atoms with Gasteiger partial charge < -0.3 is 0 Å². The SMILES string of the molecule is c1ccc(C2(c3ccccc3)c3ccccc3-c3cc(N4c5cccc6[c]5[Bi]5[c]7c(cccc7N(c7ccc8c(c7)C(c7ccccc7)(c7ccccc7)c7ccccc7-8)c7cc8ccccc8c4[c]75)N6c4ccc5c(c4)C(c4ccccc4)(c4ccccc4)c4ccccc4-5)ccc32)cc1. The summed E-state index contributed by atoms with van der Waals surface area (Å²) in [7, 11) is 0. The second kappa shape index (κ2) is 21.5. The van der Waals surface area contributed by atoms with Gasteiger partial charge in [-0.05, 0) is 0 Å². The molecule has 6 aliphatic rings. The van der Waals surface area contributed by atoms with E-state index in [1.165, 1.54) is 155 Å². The molecule has 3 nitrogen and oxygen atoms in total. The fourth-order valence-electron chi connectivity index (χ4n) is 19.4. The number of benzene rings is 16. The molecule has 3 heterocycles. The third-order valence-corrected chi connectivity index (χ3v) is 33.7. The van der Waals surface area contributed by atoms with Gasteiger partial charge >= 0.3 is 601 Å². The summed E-state index contributed by atoms with van der Waals surface area (Å²) in [5.41, 5.74) is 32.2. The molecule has 0 spiro atoms. The maximum absolute atomic E-state index is 3.59. The third kappa shape index (κ3) is 7.49. The first-order valence-corrected chi connectivity index (χ1v) is 40.5. The summed E-state index contributed by atoms with van der Waals surface area (Å²) < 4.78 is 4.49. The quantitative estimate of drug-likeness (QED) is 0.133. The molecule has 0 radical (unpaired) electrons. The van der Waals surface area contributed by atoms with Gasteiger partial charge in [-0.25, -0.2) is 0 Å². The normalized spacial score (nSPS) is 15.1. The molecule has 16 aromatic rings. The van der Waals surface area contributed by atoms with Crippen molar-refractivity contribution in [1.29, 1.82) is 0 Å². The summed E-state index contributed by atoms with van der Waals surface area (Å²) >= 11 is -3.59. The predicted molar refractivity (Wildman–Crippen MR) is 418 cm³/mol. The van der Waals surface area contributed by atoms with E-state index in [1.54, 1.807) is 0 Å². The van der Waals surface area contributed by atoms with Gasteiger partial charge in [0.25, 0.3) is 0 Å². The molecule has 0 N–H and O–H groups in total. The van der Waals surface area contributed by atoms with Crippen molar-refractivity contribution in [3.63, 3.8) is 0 Å². The molecule has 3 aliphatic heterocycles. The number of hydrogen-bond acceptors (Lipinski definition) is 3. The van der Waals surface area contributed by atoms with Crippen molar-refractivity contribution in [2.24, 2.45) is 0 Å². The first kappa shape index (κ1) is 57.0. The van der Waals surface area contributed by atoms with E-state index >= 15 is 0 Å². The number of hydrogen-bond donors (Lipinski definition) is 0. The molecule has 22 rings (SSSR count). The molecular weight excluding hydrogens is 1420 g/mol. The van der Waals surface area contributed by atoms with Gasteiger partial charge in [0.15, 0.2) is 0 Å². The van der Waals surface area contributed by atoms with E-state index in [2.05, 4.69) is 391 Å². The van der Waals surface area contributed by atoms with Crippen molar-refractivity contribution in [1.82, 2.24) is 0 Å². The van der Waals surface area contributed by atoms with Gasteiger partial charge in [-0.15, -0.1) is 0 Å². The number of rotatable bonds is 9. The average Bonchev–Trinajstić information content (AvgIpc) is 1.36. The maximum atomic E-state index is 2.72. The van der Waals surface area contributed by atoms with Gasteiger partial charge in [0, 0.05) is 0 Å². The van der Waals surface area contributed by atoms with Crippen molar-refractivity contribution >= 4 is 93.5 Å². The zero-order valence-electron chi connectivity index (χ0n) is 55.1. The Morgan fingerprint density at radius 2 is 0.515 bits per heavy atom. The molecule has 3 aliphatic carbocycles. The summed E-state index contributed by atoms with van der Waals surface area (Å²) in [6, 6.07) is 144. The predicted octanol–water partition coefficient (Wildman–Crippen LogP) is 21.8. The number of anilines is 9. The second-order valence-electron chi connectivity index (χ2n) is 27.7. The van der Waals surface area contributed by atoms with Gasteiger partial charge in [-0.1, -0.05) is 0 Å². The molecule has 0 aromatic heterocycles. The molecule has 470 valence electrons. The average molecular weight is 1480 g/mol. The Kier molecular flexibility index (Phi) is 12.2. The molecule has 0 saturated carbocycles. The van der Waals surface area contributed by atoms with Crippen molar-refractivity contribution in [2.75, 3.05) is 14.7 Å². The molecule has 0 saturated heterocycles. The summed E-state index contributed by atoms with van der Waals surface area (Å²) in [5, 5.41) is 2.48. The summed E-state index contributed by atoms with van der Waals surface area (Å²) in [6.07, 6.45) is 0. The standard InChI is InChI=1S/C97H62N3.Bi/c1-7-30-67(31-8-1)95(68-32-9-2-10-33-68)90-52-26-23-49-84(90)87-62-77(55-58-91(87)95)100-76-45-28-43-74(61-76)98(78-53-56-85-82-47-21-24-50-88(82)96(92(85)63-78,69-34-11-3-12-35-69)70-36-13-4-14-37-70)73-42-27-44-75(60-73)99(80-59-66-29-19-20-46-81(66)94(100)65-80)79-54-57-86-83-48-22-25-51-89(83)97(93(86)64-79,71-38-15-5-16-39-71)72-40-17-6-18-41-72;/h1-59,62-64H;. The Morgan fingerprint density at radius 3 is 0.950 bits per heavy atom. The first-order valence-electron chi connectivity index (χ1n) is 35.2. The monoisotopic (exact) mass is 1480 g/mol. The first-order chi connectivity index (χ1) is 50.1. The molecule has 0 amide bonds. The summed E-state index contributed by atoms with van der Waals surface area (Å²) in [5.74, 6) is 0. The zero-order chi connectivity index (χ0) is 66.1. The molecule has 4 heteroatoms. The van der Waals surface area contributed by atoms with Crippen LogP contribution in [-0.4, -0.2) is 21.8 Å². The topological polar surface area (TPSA) is 9.72 Å². The molecule has 0 bridgehead atoms. The molecule has 0 atom stereocenters. The van der Waals surface area contributed by atoms with Gasteiger partial charge in [0.2, 0.25) is 0 Å². The van der Waals surface area contributed by atoms with Crippen LogP contribution in [0.4, 0.5) is 51.2 Å². The summed E-state index contributed by atoms with van der Waals surface area (Å²) in [4.78, 5) is 8.11. The van der Waals surface area contributed by atoms with E-state index in [0.29, 0.717) is 0 Å². The van der Waals surface area contributed by atoms with Gasteiger partial charge in [0.05, 0.1) is 0 Å². The molecule has 0 fully saturated rings. The Bertz CT molecular complexity index is 5990. The molecule has 16 aromatic carbocycles. The van der Waals surface area contributed by atoms with Crippen LogP contribution in [0.1, 0.15) is 66.8 Å². The third-order valence-electron chi connectivity index (χ3n) is 23.2. The van der Waals surface area contributed by atoms with Gasteiger partial charge in [-0.3, -0.25) is 0 Å². The van der Waals surface area contributed by atoms with E-state index in [-0.39, 0.29) is 0 Å². The Balaban J connectivity index is 0.842. The van der Waals surface area contributed by atoms with Crippen LogP contribution in [0.3, 0.4) is 0 Å². The molecule has 0 unspecified atom stereocenters. The van der Waals surface area contributed by atoms with Crippen molar-refractivity contribution in [2.45, 2.75) is 16.2 Å². The van der Waals surface area contributed by atoms with Crippen molar-refractivity contribution in [3.8, 4) is 33.4 Å². The van der Waals surface area contributed by atoms with E-state index in [1.807, 2.05) is 0 Å². The van der Waals surface area contributed by atoms with Gasteiger partial charge in [0.1, 0.15) is 0 Å². The molecular formula is C97H62BiN3. The Labute approximate surface area is 596 Å². The number of fused-ring (bicyclic) bond motifs is 11. The van der Waals surface area contributed by atoms with Crippen LogP contribution in [0.15, 0.2) is 376 Å². The second-order valence-corrected chi connectivity index (χ2v) is 35.5. The van der Waals surface area contributed by atoms with Crippen LogP contribution in [0.25, 0.3) is 44.2 Å².